The van der Waals surface area contributed by atoms with E-state index < -0.39 is 7.12 Å². The van der Waals surface area contributed by atoms with Gasteiger partial charge >= 0.3 is 7.12 Å². The third-order valence-electron chi connectivity index (χ3n) is 6.62. The van der Waals surface area contributed by atoms with Crippen molar-refractivity contribution >= 4 is 29.8 Å². The van der Waals surface area contributed by atoms with Crippen LogP contribution in [0.1, 0.15) is 20.8 Å². The number of ether oxygens (including phenoxy) is 1. The molecule has 1 atom stereocenters. The Hall–Kier alpha value is -2.40. The first-order chi connectivity index (χ1) is 15.8. The lowest BCUT2D eigenvalue weighted by molar-refractivity contribution is -0.0691. The van der Waals surface area contributed by atoms with E-state index >= 15 is 0 Å². The minimum Gasteiger partial charge on any atom is -0.404 e. The molecule has 0 aromatic carbocycles. The number of pyridine rings is 2. The van der Waals surface area contributed by atoms with Gasteiger partial charge < -0.3 is 28.8 Å². The van der Waals surface area contributed by atoms with Crippen LogP contribution in [-0.2, 0) is 21.1 Å². The van der Waals surface area contributed by atoms with Crippen LogP contribution >= 0.6 is 0 Å². The minimum atomic E-state index is -0.491. The summed E-state index contributed by atoms with van der Waals surface area (Å²) in [7, 11) is 1.24. The van der Waals surface area contributed by atoms with Crippen LogP contribution in [0.4, 0.5) is 17.2 Å². The van der Waals surface area contributed by atoms with Crippen LogP contribution in [0.15, 0.2) is 35.4 Å². The first kappa shape index (κ1) is 22.4. The van der Waals surface area contributed by atoms with Gasteiger partial charge in [-0.2, -0.15) is 0 Å². The number of aryl methyl sites for hydroxylation is 1. The molecule has 3 saturated heterocycles. The first-order valence-electron chi connectivity index (χ1n) is 11.6. The van der Waals surface area contributed by atoms with Crippen LogP contribution in [0.3, 0.4) is 0 Å². The Labute approximate surface area is 194 Å². The molecule has 9 nitrogen and oxygen atoms in total. The molecule has 3 fully saturated rings. The molecular weight excluding hydrogens is 421 g/mol. The number of hydrogen-bond acceptors (Lipinski definition) is 8. The number of hydrogen-bond donors (Lipinski definition) is 1. The Morgan fingerprint density at radius 1 is 1.24 bits per heavy atom. The quantitative estimate of drug-likeness (QED) is 0.671. The van der Waals surface area contributed by atoms with Gasteiger partial charge in [0.1, 0.15) is 11.5 Å². The number of piperazine rings is 1. The highest BCUT2D eigenvalue weighted by molar-refractivity contribution is 6.61. The van der Waals surface area contributed by atoms with Gasteiger partial charge in [-0.1, -0.05) is 0 Å². The maximum atomic E-state index is 12.7. The summed E-state index contributed by atoms with van der Waals surface area (Å²) in [4.78, 5) is 22.2. The first-order valence-corrected chi connectivity index (χ1v) is 11.6. The fraction of sp³-hybridized carbons (Fsp3) is 0.565. The Kier molecular flexibility index (Phi) is 5.94. The molecule has 10 heteroatoms. The predicted octanol–water partition coefficient (Wildman–Crippen LogP) is 0.954. The van der Waals surface area contributed by atoms with Gasteiger partial charge in [-0.15, -0.1) is 0 Å². The van der Waals surface area contributed by atoms with Gasteiger partial charge in [0.25, 0.3) is 5.56 Å². The molecule has 0 amide bonds. The normalized spacial score (nSPS) is 23.6. The highest BCUT2D eigenvalue weighted by atomic mass is 16.7. The summed E-state index contributed by atoms with van der Waals surface area (Å²) in [5.41, 5.74) is 1.85. The molecule has 2 aromatic rings. The van der Waals surface area contributed by atoms with Gasteiger partial charge in [0, 0.05) is 44.4 Å². The summed E-state index contributed by atoms with van der Waals surface area (Å²) >= 11 is 0. The van der Waals surface area contributed by atoms with Gasteiger partial charge in [0.15, 0.2) is 0 Å². The van der Waals surface area contributed by atoms with Crippen molar-refractivity contribution in [1.29, 1.82) is 0 Å². The third kappa shape index (κ3) is 4.66. The average molecular weight is 453 g/mol. The standard InChI is InChI=1S/C23H32BN5O4/c1-16-11-28(19-13-31-14-19)7-8-29(16)18-5-6-21(25-10-18)26-20-9-17(12-27(4)22(20)30)24-32-15-23(2,3)33-24/h5-6,9-10,12,16,19H,7-8,11,13-15H2,1-4H3,(H,25,26)/t16-/m0/s1. The Morgan fingerprint density at radius 2 is 2.06 bits per heavy atom. The summed E-state index contributed by atoms with van der Waals surface area (Å²) in [6.07, 6.45) is 3.63. The van der Waals surface area contributed by atoms with Crippen LogP contribution in [0.5, 0.6) is 0 Å². The third-order valence-corrected chi connectivity index (χ3v) is 6.62. The molecule has 3 aliphatic rings. The largest absolute Gasteiger partial charge is 0.496 e. The van der Waals surface area contributed by atoms with Crippen LogP contribution in [0, 0.1) is 0 Å². The summed E-state index contributed by atoms with van der Waals surface area (Å²) in [5.74, 6) is 0.625. The molecule has 0 spiro atoms. The number of nitrogens with one attached hydrogen (secondary N) is 1. The van der Waals surface area contributed by atoms with Gasteiger partial charge in [0.05, 0.1) is 43.3 Å². The van der Waals surface area contributed by atoms with E-state index in [9.17, 15) is 4.79 Å². The SMILES string of the molecule is C[C@H]1CN(C2COC2)CCN1c1ccc(Nc2cc(B3OCC(C)(C)O3)cn(C)c2=O)nc1. The van der Waals surface area contributed by atoms with Crippen molar-refractivity contribution < 1.29 is 14.0 Å². The van der Waals surface area contributed by atoms with Crippen molar-refractivity contribution in [3.63, 3.8) is 0 Å². The maximum absolute atomic E-state index is 12.7. The van der Waals surface area contributed by atoms with Crippen LogP contribution < -0.4 is 21.2 Å². The van der Waals surface area contributed by atoms with E-state index in [1.807, 2.05) is 26.1 Å². The summed E-state index contributed by atoms with van der Waals surface area (Å²) in [5, 5.41) is 3.18. The van der Waals surface area contributed by atoms with Crippen molar-refractivity contribution in [1.82, 2.24) is 14.5 Å². The monoisotopic (exact) mass is 453 g/mol. The molecule has 0 unspecified atom stereocenters. The minimum absolute atomic E-state index is 0.133. The topological polar surface area (TPSA) is 81.1 Å². The second-order valence-electron chi connectivity index (χ2n) is 9.88. The molecule has 2 aromatic heterocycles. The Morgan fingerprint density at radius 3 is 2.67 bits per heavy atom. The zero-order chi connectivity index (χ0) is 23.2. The van der Waals surface area contributed by atoms with Gasteiger partial charge in [-0.05, 0) is 39.0 Å². The fourth-order valence-electron chi connectivity index (χ4n) is 4.66. The predicted molar refractivity (Wildman–Crippen MR) is 129 cm³/mol. The lowest BCUT2D eigenvalue weighted by atomic mass is 9.80. The summed E-state index contributed by atoms with van der Waals surface area (Å²) < 4.78 is 18.6. The summed E-state index contributed by atoms with van der Waals surface area (Å²) in [6.45, 7) is 11.5. The molecule has 0 aliphatic carbocycles. The lowest BCUT2D eigenvalue weighted by Gasteiger charge is -2.46. The molecule has 1 N–H and O–H groups in total. The van der Waals surface area contributed by atoms with E-state index in [1.165, 1.54) is 0 Å². The fourth-order valence-corrected chi connectivity index (χ4v) is 4.66. The van der Waals surface area contributed by atoms with Crippen molar-refractivity contribution in [2.75, 3.05) is 49.7 Å². The molecule has 5 heterocycles. The zero-order valence-electron chi connectivity index (χ0n) is 19.8. The number of rotatable bonds is 5. The van der Waals surface area contributed by atoms with E-state index in [1.54, 1.807) is 23.9 Å². The molecule has 5 rings (SSSR count). The van der Waals surface area contributed by atoms with E-state index in [0.717, 1.165) is 44.0 Å². The van der Waals surface area contributed by atoms with Crippen LogP contribution in [0.2, 0.25) is 0 Å². The Balaban J connectivity index is 1.28. The van der Waals surface area contributed by atoms with E-state index in [4.69, 9.17) is 14.0 Å². The summed E-state index contributed by atoms with van der Waals surface area (Å²) in [6, 6.07) is 6.75. The molecule has 0 radical (unpaired) electrons. The van der Waals surface area contributed by atoms with Crippen LogP contribution in [-0.4, -0.2) is 78.7 Å². The molecule has 176 valence electrons. The van der Waals surface area contributed by atoms with Crippen LogP contribution in [0.25, 0.3) is 0 Å². The number of nitrogens with zero attached hydrogens (tertiary/aromatic N) is 4. The van der Waals surface area contributed by atoms with Crippen molar-refractivity contribution in [2.45, 2.75) is 38.5 Å². The lowest BCUT2D eigenvalue weighted by Crippen LogP contribution is -2.59. The van der Waals surface area contributed by atoms with E-state index in [2.05, 4.69) is 33.1 Å². The van der Waals surface area contributed by atoms with E-state index in [-0.39, 0.29) is 11.2 Å². The maximum Gasteiger partial charge on any atom is 0.496 e. The Bertz CT molecular complexity index is 1060. The molecule has 3 aliphatic heterocycles. The second-order valence-corrected chi connectivity index (χ2v) is 9.88. The zero-order valence-corrected chi connectivity index (χ0v) is 19.8. The second kappa shape index (κ2) is 8.75. The average Bonchev–Trinajstić information content (AvgIpc) is 3.11. The highest BCUT2D eigenvalue weighted by Crippen LogP contribution is 2.24. The van der Waals surface area contributed by atoms with Crippen molar-refractivity contribution in [3.8, 4) is 0 Å². The molecule has 0 bridgehead atoms. The highest BCUT2D eigenvalue weighted by Gasteiger charge is 2.38. The molecule has 0 saturated carbocycles. The van der Waals surface area contributed by atoms with Gasteiger partial charge in [-0.25, -0.2) is 4.98 Å². The van der Waals surface area contributed by atoms with E-state index in [0.29, 0.717) is 30.2 Å². The van der Waals surface area contributed by atoms with Crippen molar-refractivity contribution in [2.24, 2.45) is 7.05 Å². The van der Waals surface area contributed by atoms with Gasteiger partial charge in [0.2, 0.25) is 0 Å². The smallest absolute Gasteiger partial charge is 0.404 e. The molecule has 33 heavy (non-hydrogen) atoms. The number of aromatic nitrogens is 2. The van der Waals surface area contributed by atoms with Gasteiger partial charge in [-0.3, -0.25) is 9.69 Å². The molecular formula is C23H32BN5O4. The number of anilines is 3. The van der Waals surface area contributed by atoms with Crippen molar-refractivity contribution in [3.05, 3.63) is 40.9 Å².